The zero-order valence-corrected chi connectivity index (χ0v) is 34.2. The maximum atomic E-state index is 12.6. The maximum absolute atomic E-state index is 12.6. The standard InChI is InChI=1S/C42H76NO7P/c1-6-8-10-12-14-16-18-20-22-23-25-27-29-31-33-35-42(44)50-41(40-49-51(45,46)48-38-36-43(3,4)5)39-47-37-34-32-30-28-26-24-21-19-17-15-13-11-9-7-2/h8,10,14,16,20,22,25,27,34,37,41H,6-7,9,11-13,15,17-19,21,23-24,26,28-33,35-36,38-40H2,1-5H3/p+1/b10-8-,16-14-,22-20-,27-25-,37-34-/t41-/m1/s1. The van der Waals surface area contributed by atoms with Crippen LogP contribution in [0.5, 0.6) is 0 Å². The van der Waals surface area contributed by atoms with E-state index < -0.39 is 13.9 Å². The van der Waals surface area contributed by atoms with E-state index in [1.165, 1.54) is 70.6 Å². The molecule has 1 unspecified atom stereocenters. The summed E-state index contributed by atoms with van der Waals surface area (Å²) in [5.41, 5.74) is 0. The second kappa shape index (κ2) is 35.1. The number of esters is 1. The van der Waals surface area contributed by atoms with Crippen molar-refractivity contribution in [2.75, 3.05) is 47.5 Å². The Kier molecular flexibility index (Phi) is 33.7. The molecule has 0 fully saturated rings. The van der Waals surface area contributed by atoms with Gasteiger partial charge in [-0.2, -0.15) is 0 Å². The number of carbonyl (C=O) groups is 1. The first-order chi connectivity index (χ1) is 24.6. The average molecular weight is 739 g/mol. The first kappa shape index (κ1) is 49.0. The van der Waals surface area contributed by atoms with E-state index in [-0.39, 0.29) is 32.2 Å². The van der Waals surface area contributed by atoms with Gasteiger partial charge in [0, 0.05) is 6.42 Å². The van der Waals surface area contributed by atoms with Crippen LogP contribution in [0.1, 0.15) is 149 Å². The van der Waals surface area contributed by atoms with Gasteiger partial charge in [0.15, 0.2) is 6.10 Å². The number of phosphoric ester groups is 1. The van der Waals surface area contributed by atoms with Gasteiger partial charge >= 0.3 is 13.8 Å². The van der Waals surface area contributed by atoms with Crippen molar-refractivity contribution in [1.82, 2.24) is 0 Å². The third kappa shape index (κ3) is 39.1. The van der Waals surface area contributed by atoms with Crippen molar-refractivity contribution < 1.29 is 37.3 Å². The van der Waals surface area contributed by atoms with Gasteiger partial charge in [0.05, 0.1) is 34.0 Å². The number of likely N-dealkylation sites (N-methyl/N-ethyl adjacent to an activating group) is 1. The molecule has 0 bridgehead atoms. The predicted molar refractivity (Wildman–Crippen MR) is 214 cm³/mol. The second-order valence-electron chi connectivity index (χ2n) is 14.4. The summed E-state index contributed by atoms with van der Waals surface area (Å²) in [6.07, 6.45) is 43.5. The molecule has 9 heteroatoms. The molecule has 2 atom stereocenters. The molecule has 0 aromatic rings. The van der Waals surface area contributed by atoms with E-state index in [2.05, 4.69) is 62.5 Å². The van der Waals surface area contributed by atoms with E-state index in [1.54, 1.807) is 6.26 Å². The zero-order chi connectivity index (χ0) is 37.7. The van der Waals surface area contributed by atoms with Crippen LogP contribution < -0.4 is 0 Å². The molecule has 0 aliphatic carbocycles. The topological polar surface area (TPSA) is 91.3 Å². The Bertz CT molecular complexity index is 1000. The Balaban J connectivity index is 4.43. The highest BCUT2D eigenvalue weighted by molar-refractivity contribution is 7.47. The van der Waals surface area contributed by atoms with Gasteiger partial charge < -0.3 is 18.9 Å². The molecule has 51 heavy (non-hydrogen) atoms. The number of hydrogen-bond acceptors (Lipinski definition) is 6. The number of nitrogens with zero attached hydrogens (tertiary/aromatic N) is 1. The van der Waals surface area contributed by atoms with Crippen molar-refractivity contribution in [1.29, 1.82) is 0 Å². The van der Waals surface area contributed by atoms with Crippen molar-refractivity contribution >= 4 is 13.8 Å². The zero-order valence-electron chi connectivity index (χ0n) is 33.3. The monoisotopic (exact) mass is 739 g/mol. The van der Waals surface area contributed by atoms with Gasteiger partial charge in [-0.25, -0.2) is 4.57 Å². The number of phosphoric acid groups is 1. The van der Waals surface area contributed by atoms with Gasteiger partial charge in [0.2, 0.25) is 0 Å². The summed E-state index contributed by atoms with van der Waals surface area (Å²) in [6, 6.07) is 0. The van der Waals surface area contributed by atoms with Crippen LogP contribution in [0, 0.1) is 0 Å². The van der Waals surface area contributed by atoms with E-state index in [4.69, 9.17) is 18.5 Å². The van der Waals surface area contributed by atoms with Crippen LogP contribution in [0.15, 0.2) is 60.9 Å². The molecule has 0 amide bonds. The van der Waals surface area contributed by atoms with Crippen LogP contribution in [0.25, 0.3) is 0 Å². The lowest BCUT2D eigenvalue weighted by molar-refractivity contribution is -0.870. The number of rotatable bonds is 36. The molecule has 0 saturated heterocycles. The quantitative estimate of drug-likeness (QED) is 0.0171. The van der Waals surface area contributed by atoms with Crippen LogP contribution >= 0.6 is 7.82 Å². The van der Waals surface area contributed by atoms with E-state index in [0.29, 0.717) is 17.4 Å². The van der Waals surface area contributed by atoms with Gasteiger partial charge in [0.1, 0.15) is 19.8 Å². The number of hydrogen-bond donors (Lipinski definition) is 1. The molecule has 0 saturated carbocycles. The Labute approximate surface area is 313 Å². The third-order valence-electron chi connectivity index (χ3n) is 8.16. The van der Waals surface area contributed by atoms with Crippen LogP contribution in [0.2, 0.25) is 0 Å². The summed E-state index contributed by atoms with van der Waals surface area (Å²) >= 11 is 0. The summed E-state index contributed by atoms with van der Waals surface area (Å²) < 4.78 is 34.6. The lowest BCUT2D eigenvalue weighted by atomic mass is 10.0. The van der Waals surface area contributed by atoms with E-state index in [1.807, 2.05) is 27.2 Å². The van der Waals surface area contributed by atoms with Crippen LogP contribution in [0.4, 0.5) is 0 Å². The molecule has 8 nitrogen and oxygen atoms in total. The highest BCUT2D eigenvalue weighted by Gasteiger charge is 2.26. The highest BCUT2D eigenvalue weighted by atomic mass is 31.2. The minimum Gasteiger partial charge on any atom is -0.498 e. The van der Waals surface area contributed by atoms with Crippen molar-refractivity contribution in [3.63, 3.8) is 0 Å². The fourth-order valence-corrected chi connectivity index (χ4v) is 5.78. The molecule has 0 aromatic heterocycles. The Morgan fingerprint density at radius 1 is 0.647 bits per heavy atom. The number of unbranched alkanes of at least 4 members (excludes halogenated alkanes) is 14. The van der Waals surface area contributed by atoms with E-state index in [9.17, 15) is 14.3 Å². The fraction of sp³-hybridized carbons (Fsp3) is 0.738. The maximum Gasteiger partial charge on any atom is 0.472 e. The highest BCUT2D eigenvalue weighted by Crippen LogP contribution is 2.43. The van der Waals surface area contributed by atoms with Crippen LogP contribution in [-0.2, 0) is 27.9 Å². The van der Waals surface area contributed by atoms with E-state index >= 15 is 0 Å². The number of ether oxygens (including phenoxy) is 2. The summed E-state index contributed by atoms with van der Waals surface area (Å²) in [6.45, 7) is 4.75. The third-order valence-corrected chi connectivity index (χ3v) is 9.14. The molecule has 0 aliphatic rings. The molecule has 0 radical (unpaired) electrons. The Morgan fingerprint density at radius 3 is 1.73 bits per heavy atom. The minimum atomic E-state index is -4.30. The minimum absolute atomic E-state index is 0.0293. The van der Waals surface area contributed by atoms with Gasteiger partial charge in [-0.05, 0) is 63.9 Å². The molecule has 0 aliphatic heterocycles. The van der Waals surface area contributed by atoms with Gasteiger partial charge in [-0.15, -0.1) is 0 Å². The summed E-state index contributed by atoms with van der Waals surface area (Å²) in [7, 11) is 1.60. The predicted octanol–water partition coefficient (Wildman–Crippen LogP) is 11.7. The van der Waals surface area contributed by atoms with Crippen molar-refractivity contribution in [2.24, 2.45) is 0 Å². The number of allylic oxidation sites excluding steroid dienone is 9. The summed E-state index contributed by atoms with van der Waals surface area (Å²) in [5.74, 6) is -0.378. The van der Waals surface area contributed by atoms with Crippen LogP contribution in [0.3, 0.4) is 0 Å². The van der Waals surface area contributed by atoms with Gasteiger partial charge in [0.25, 0.3) is 0 Å². The Morgan fingerprint density at radius 2 is 1.16 bits per heavy atom. The van der Waals surface area contributed by atoms with Crippen molar-refractivity contribution in [3.05, 3.63) is 60.9 Å². The first-order valence-corrected chi connectivity index (χ1v) is 21.6. The largest absolute Gasteiger partial charge is 0.498 e. The molecule has 296 valence electrons. The van der Waals surface area contributed by atoms with E-state index in [0.717, 1.165) is 51.4 Å². The fourth-order valence-electron chi connectivity index (χ4n) is 5.04. The lowest BCUT2D eigenvalue weighted by Crippen LogP contribution is -2.37. The number of carbonyl (C=O) groups excluding carboxylic acids is 1. The normalized spacial score (nSPS) is 14.5. The lowest BCUT2D eigenvalue weighted by Gasteiger charge is -2.24. The molecule has 0 aromatic carbocycles. The SMILES string of the molecule is CC/C=C\C/C=C\C/C=C\C/C=C\CCCCC(=O)O[C@H](CO/C=C\CCCCCCCCCCCCCC)COP(=O)(O)OCC[N+](C)(C)C. The summed E-state index contributed by atoms with van der Waals surface area (Å²) in [4.78, 5) is 22.8. The van der Waals surface area contributed by atoms with Gasteiger partial charge in [-0.3, -0.25) is 13.8 Å². The average Bonchev–Trinajstić information content (AvgIpc) is 3.08. The first-order valence-electron chi connectivity index (χ1n) is 20.1. The molecule has 1 N–H and O–H groups in total. The molecular formula is C42H77NO7P+. The Hall–Kier alpha value is -1.96. The second-order valence-corrected chi connectivity index (χ2v) is 15.8. The smallest absolute Gasteiger partial charge is 0.472 e. The van der Waals surface area contributed by atoms with Gasteiger partial charge in [-0.1, -0.05) is 133 Å². The molecular weight excluding hydrogens is 661 g/mol. The van der Waals surface area contributed by atoms with Crippen molar-refractivity contribution in [2.45, 2.75) is 155 Å². The molecule has 0 heterocycles. The molecule has 0 rings (SSSR count). The van der Waals surface area contributed by atoms with Crippen molar-refractivity contribution in [3.8, 4) is 0 Å². The van der Waals surface area contributed by atoms with Crippen LogP contribution in [-0.4, -0.2) is 69.0 Å². The summed E-state index contributed by atoms with van der Waals surface area (Å²) in [5, 5.41) is 0. The molecule has 0 spiro atoms. The number of quaternary nitrogens is 1.